The maximum Gasteiger partial charge on any atom is 0.204 e. The Labute approximate surface area is 100.0 Å². The third-order valence-electron chi connectivity index (χ3n) is 1.87. The molecule has 0 fully saturated rings. The largest absolute Gasteiger partial charge is 0.359 e. The predicted octanol–water partition coefficient (Wildman–Crippen LogP) is -0.788. The predicted molar refractivity (Wildman–Crippen MR) is 63.8 cm³/mol. The Morgan fingerprint density at radius 2 is 2.24 bits per heavy atom. The van der Waals surface area contributed by atoms with Crippen molar-refractivity contribution in [3.8, 4) is 6.19 Å². The fourth-order valence-corrected chi connectivity index (χ4v) is 1.10. The summed E-state index contributed by atoms with van der Waals surface area (Å²) >= 11 is 0. The Hall–Kier alpha value is -2.20. The second-order valence-electron chi connectivity index (χ2n) is 3.06. The molecule has 0 aliphatic carbocycles. The van der Waals surface area contributed by atoms with Gasteiger partial charge in [0, 0.05) is 26.0 Å². The molecule has 7 nitrogen and oxygen atoms in total. The number of nitrogens with one attached hydrogen (secondary N) is 3. The van der Waals surface area contributed by atoms with Crippen LogP contribution in [0.15, 0.2) is 23.5 Å². The molecule has 0 unspecified atom stereocenters. The summed E-state index contributed by atoms with van der Waals surface area (Å²) in [4.78, 5) is 12.3. The van der Waals surface area contributed by atoms with E-state index in [1.807, 2.05) is 0 Å². The molecule has 90 valence electrons. The number of hydrogen-bond donors (Lipinski definition) is 3. The van der Waals surface area contributed by atoms with E-state index >= 15 is 0 Å². The van der Waals surface area contributed by atoms with E-state index in [1.165, 1.54) is 0 Å². The van der Waals surface area contributed by atoms with Crippen LogP contribution in [0.1, 0.15) is 5.82 Å². The topological polar surface area (TPSA) is 98.0 Å². The van der Waals surface area contributed by atoms with Crippen LogP contribution in [-0.2, 0) is 6.54 Å². The van der Waals surface area contributed by atoms with Gasteiger partial charge in [0.15, 0.2) is 6.19 Å². The average molecular weight is 233 g/mol. The summed E-state index contributed by atoms with van der Waals surface area (Å²) < 4.78 is 0. The van der Waals surface area contributed by atoms with Gasteiger partial charge < -0.3 is 10.6 Å². The van der Waals surface area contributed by atoms with Crippen molar-refractivity contribution in [3.63, 3.8) is 0 Å². The molecule has 7 heteroatoms. The molecule has 0 saturated heterocycles. The summed E-state index contributed by atoms with van der Waals surface area (Å²) in [7, 11) is 1.70. The van der Waals surface area contributed by atoms with Crippen molar-refractivity contribution >= 4 is 5.96 Å². The average Bonchev–Trinajstić information content (AvgIpc) is 2.38. The molecule has 0 atom stereocenters. The fraction of sp³-hybridized carbons (Fsp3) is 0.400. The lowest BCUT2D eigenvalue weighted by Crippen LogP contribution is -2.32. The molecule has 1 rings (SSSR count). The molecular weight excluding hydrogens is 218 g/mol. The molecule has 0 bridgehead atoms. The number of guanidine groups is 1. The molecule has 0 spiro atoms. The van der Waals surface area contributed by atoms with Crippen molar-refractivity contribution < 1.29 is 0 Å². The van der Waals surface area contributed by atoms with Gasteiger partial charge in [-0.3, -0.25) is 10.3 Å². The Kier molecular flexibility index (Phi) is 6.06. The van der Waals surface area contributed by atoms with E-state index in [9.17, 15) is 0 Å². The highest BCUT2D eigenvalue weighted by Crippen LogP contribution is 1.85. The van der Waals surface area contributed by atoms with Crippen LogP contribution in [-0.4, -0.2) is 36.1 Å². The van der Waals surface area contributed by atoms with Crippen LogP contribution in [0, 0.1) is 11.5 Å². The van der Waals surface area contributed by atoms with E-state index in [0.717, 1.165) is 5.82 Å². The number of hydrogen-bond acceptors (Lipinski definition) is 5. The van der Waals surface area contributed by atoms with E-state index in [1.54, 1.807) is 31.7 Å². The number of nitrogens with zero attached hydrogens (tertiary/aromatic N) is 4. The molecule has 0 aromatic carbocycles. The highest BCUT2D eigenvalue weighted by atomic mass is 15.2. The SMILES string of the molecule is CNC(=NCCNCc1ncccn1)NC#N. The van der Waals surface area contributed by atoms with Crippen molar-refractivity contribution in [1.82, 2.24) is 25.9 Å². The Morgan fingerprint density at radius 3 is 2.88 bits per heavy atom. The summed E-state index contributed by atoms with van der Waals surface area (Å²) in [5.41, 5.74) is 0. The van der Waals surface area contributed by atoms with Crippen LogP contribution in [0.3, 0.4) is 0 Å². The standard InChI is InChI=1S/C10H15N7/c1-12-10(17-8-11)16-6-5-13-7-9-14-3-2-4-15-9/h2-4,13H,5-7H2,1H3,(H2,12,16,17). The summed E-state index contributed by atoms with van der Waals surface area (Å²) in [6, 6.07) is 1.78. The van der Waals surface area contributed by atoms with Gasteiger partial charge in [-0.1, -0.05) is 0 Å². The van der Waals surface area contributed by atoms with Crippen molar-refractivity contribution in [2.45, 2.75) is 6.54 Å². The third-order valence-corrected chi connectivity index (χ3v) is 1.87. The highest BCUT2D eigenvalue weighted by molar-refractivity contribution is 5.80. The van der Waals surface area contributed by atoms with E-state index in [0.29, 0.717) is 25.6 Å². The Bertz CT molecular complexity index is 381. The lowest BCUT2D eigenvalue weighted by atomic mass is 10.5. The zero-order valence-corrected chi connectivity index (χ0v) is 9.64. The van der Waals surface area contributed by atoms with Crippen LogP contribution >= 0.6 is 0 Å². The van der Waals surface area contributed by atoms with Crippen LogP contribution in [0.4, 0.5) is 0 Å². The first-order chi connectivity index (χ1) is 8.36. The van der Waals surface area contributed by atoms with Gasteiger partial charge in [0.1, 0.15) is 5.82 Å². The van der Waals surface area contributed by atoms with Crippen molar-refractivity contribution in [2.75, 3.05) is 20.1 Å². The van der Waals surface area contributed by atoms with Crippen molar-refractivity contribution in [2.24, 2.45) is 4.99 Å². The van der Waals surface area contributed by atoms with E-state index in [4.69, 9.17) is 5.26 Å². The maximum atomic E-state index is 8.41. The number of rotatable bonds is 5. The molecule has 0 aliphatic heterocycles. The van der Waals surface area contributed by atoms with Gasteiger partial charge >= 0.3 is 0 Å². The van der Waals surface area contributed by atoms with E-state index < -0.39 is 0 Å². The molecular formula is C10H15N7. The lowest BCUT2D eigenvalue weighted by Gasteiger charge is -2.03. The monoisotopic (exact) mass is 233 g/mol. The van der Waals surface area contributed by atoms with Crippen molar-refractivity contribution in [1.29, 1.82) is 5.26 Å². The first-order valence-electron chi connectivity index (χ1n) is 5.20. The quantitative estimate of drug-likeness (QED) is 0.203. The summed E-state index contributed by atoms with van der Waals surface area (Å²) in [6.07, 6.45) is 5.21. The van der Waals surface area contributed by atoms with Crippen LogP contribution in [0.25, 0.3) is 0 Å². The van der Waals surface area contributed by atoms with Gasteiger partial charge in [0.25, 0.3) is 0 Å². The molecule has 0 saturated carbocycles. The number of nitriles is 1. The second kappa shape index (κ2) is 8.01. The maximum absolute atomic E-state index is 8.41. The molecule has 0 radical (unpaired) electrons. The summed E-state index contributed by atoms with van der Waals surface area (Å²) in [5.74, 6) is 1.21. The van der Waals surface area contributed by atoms with Crippen LogP contribution < -0.4 is 16.0 Å². The molecule has 0 aliphatic rings. The molecule has 1 aromatic heterocycles. The zero-order valence-electron chi connectivity index (χ0n) is 9.64. The van der Waals surface area contributed by atoms with Gasteiger partial charge in [0.2, 0.25) is 5.96 Å². The summed E-state index contributed by atoms with van der Waals surface area (Å²) in [5, 5.41) is 16.8. The highest BCUT2D eigenvalue weighted by Gasteiger charge is 1.94. The fourth-order valence-electron chi connectivity index (χ4n) is 1.10. The van der Waals surface area contributed by atoms with Gasteiger partial charge in [-0.25, -0.2) is 9.97 Å². The van der Waals surface area contributed by atoms with Crippen LogP contribution in [0.5, 0.6) is 0 Å². The van der Waals surface area contributed by atoms with Gasteiger partial charge in [-0.2, -0.15) is 5.26 Å². The number of aliphatic imine (C=N–C) groups is 1. The molecule has 17 heavy (non-hydrogen) atoms. The van der Waals surface area contributed by atoms with E-state index in [-0.39, 0.29) is 0 Å². The number of aromatic nitrogens is 2. The molecule has 1 aromatic rings. The van der Waals surface area contributed by atoms with Gasteiger partial charge in [-0.05, 0) is 6.07 Å². The lowest BCUT2D eigenvalue weighted by molar-refractivity contribution is 0.665. The van der Waals surface area contributed by atoms with Gasteiger partial charge in [0.05, 0.1) is 13.1 Å². The smallest absolute Gasteiger partial charge is 0.204 e. The minimum Gasteiger partial charge on any atom is -0.359 e. The molecule has 1 heterocycles. The third kappa shape index (κ3) is 5.44. The summed E-state index contributed by atoms with van der Waals surface area (Å²) in [6.45, 7) is 1.87. The van der Waals surface area contributed by atoms with E-state index in [2.05, 4.69) is 30.9 Å². The normalized spacial score (nSPS) is 10.7. The first-order valence-corrected chi connectivity index (χ1v) is 5.20. The van der Waals surface area contributed by atoms with Crippen molar-refractivity contribution in [3.05, 3.63) is 24.3 Å². The Balaban J connectivity index is 2.18. The zero-order chi connectivity index (χ0) is 12.3. The molecule has 0 amide bonds. The van der Waals surface area contributed by atoms with Gasteiger partial charge in [-0.15, -0.1) is 0 Å². The minimum absolute atomic E-state index is 0.463. The second-order valence-corrected chi connectivity index (χ2v) is 3.06. The minimum atomic E-state index is 0.463. The first kappa shape index (κ1) is 12.9. The Morgan fingerprint density at radius 1 is 1.47 bits per heavy atom. The molecule has 3 N–H and O–H groups in total. The van der Waals surface area contributed by atoms with Crippen LogP contribution in [0.2, 0.25) is 0 Å².